The Kier molecular flexibility index (Phi) is 7.61. The third kappa shape index (κ3) is 5.70. The minimum Gasteiger partial charge on any atom is -0.497 e. The molecule has 2 aliphatic heterocycles. The summed E-state index contributed by atoms with van der Waals surface area (Å²) in [5, 5.41) is 2.80. The number of anilines is 2. The first kappa shape index (κ1) is 28.0. The number of carbonyl (C=O) groups excluding carboxylic acids is 3. The van der Waals surface area contributed by atoms with Gasteiger partial charge in [0.1, 0.15) is 17.8 Å². The maximum absolute atomic E-state index is 13.9. The van der Waals surface area contributed by atoms with E-state index < -0.39 is 23.2 Å². The Balaban J connectivity index is 1.33. The molecule has 214 valence electrons. The normalized spacial score (nSPS) is 16.7. The molecule has 0 saturated carbocycles. The summed E-state index contributed by atoms with van der Waals surface area (Å²) in [6.45, 7) is 0.353. The van der Waals surface area contributed by atoms with E-state index in [-0.39, 0.29) is 56.5 Å². The second-order valence-electron chi connectivity index (χ2n) is 10.1. The first-order valence-electron chi connectivity index (χ1n) is 13.1. The van der Waals surface area contributed by atoms with Crippen LogP contribution in [0, 0.1) is 0 Å². The predicted octanol–water partition coefficient (Wildman–Crippen LogP) is 4.63. The highest BCUT2D eigenvalue weighted by atomic mass is 19.4. The topological polar surface area (TPSA) is 82.2 Å². The summed E-state index contributed by atoms with van der Waals surface area (Å²) in [4.78, 5) is 44.9. The number of benzene rings is 3. The highest BCUT2D eigenvalue weighted by molar-refractivity contribution is 6.00. The number of methoxy groups -OCH3 is 1. The minimum absolute atomic E-state index is 0.0516. The minimum atomic E-state index is -4.56. The van der Waals surface area contributed by atoms with E-state index in [1.54, 1.807) is 24.3 Å². The van der Waals surface area contributed by atoms with Gasteiger partial charge in [-0.1, -0.05) is 30.3 Å². The third-order valence-electron chi connectivity index (χ3n) is 7.58. The molecule has 3 aromatic rings. The number of ether oxygens (including phenoxy) is 1. The van der Waals surface area contributed by atoms with Crippen LogP contribution in [0.2, 0.25) is 0 Å². The molecule has 1 spiro atoms. The molecule has 2 saturated heterocycles. The van der Waals surface area contributed by atoms with Gasteiger partial charge in [0, 0.05) is 36.1 Å². The summed E-state index contributed by atoms with van der Waals surface area (Å²) in [5.74, 6) is -0.528. The molecule has 0 radical (unpaired) electrons. The molecular formula is C30H29F3N4O4. The third-order valence-corrected chi connectivity index (χ3v) is 7.58. The summed E-state index contributed by atoms with van der Waals surface area (Å²) in [7, 11) is 1.53. The Hall–Kier alpha value is -4.54. The molecule has 0 aromatic heterocycles. The average Bonchev–Trinajstić information content (AvgIpc) is 3.23. The zero-order chi connectivity index (χ0) is 29.2. The van der Waals surface area contributed by atoms with Gasteiger partial charge in [-0.25, -0.2) is 0 Å². The van der Waals surface area contributed by atoms with Crippen LogP contribution in [-0.2, 0) is 15.8 Å². The van der Waals surface area contributed by atoms with Crippen LogP contribution < -0.4 is 15.0 Å². The number of para-hydroxylation sites is 1. The number of hydrogen-bond donors (Lipinski definition) is 1. The molecule has 8 nitrogen and oxygen atoms in total. The van der Waals surface area contributed by atoms with E-state index in [1.807, 2.05) is 35.2 Å². The number of rotatable bonds is 6. The summed E-state index contributed by atoms with van der Waals surface area (Å²) in [6.07, 6.45) is -4.03. The molecule has 0 bridgehead atoms. The van der Waals surface area contributed by atoms with Crippen LogP contribution in [0.25, 0.3) is 0 Å². The van der Waals surface area contributed by atoms with Gasteiger partial charge in [-0.3, -0.25) is 14.4 Å². The number of hydrogen-bond acceptors (Lipinski definition) is 5. The summed E-state index contributed by atoms with van der Waals surface area (Å²) < 4.78 is 44.8. The van der Waals surface area contributed by atoms with Gasteiger partial charge in [-0.15, -0.1) is 0 Å². The van der Waals surface area contributed by atoms with Gasteiger partial charge in [0.25, 0.3) is 11.8 Å². The van der Waals surface area contributed by atoms with Crippen LogP contribution in [0.4, 0.5) is 24.5 Å². The molecule has 3 amide bonds. The Morgan fingerprint density at radius 1 is 0.951 bits per heavy atom. The van der Waals surface area contributed by atoms with Crippen molar-refractivity contribution in [3.05, 3.63) is 90.0 Å². The molecule has 2 heterocycles. The monoisotopic (exact) mass is 566 g/mol. The summed E-state index contributed by atoms with van der Waals surface area (Å²) >= 11 is 0. The van der Waals surface area contributed by atoms with Crippen molar-refractivity contribution in [3.8, 4) is 5.75 Å². The van der Waals surface area contributed by atoms with E-state index >= 15 is 0 Å². The fourth-order valence-electron chi connectivity index (χ4n) is 5.49. The fourth-order valence-corrected chi connectivity index (χ4v) is 5.49. The van der Waals surface area contributed by atoms with Crippen molar-refractivity contribution in [2.45, 2.75) is 24.6 Å². The van der Waals surface area contributed by atoms with E-state index in [2.05, 4.69) is 5.32 Å². The summed E-state index contributed by atoms with van der Waals surface area (Å²) in [6, 6.07) is 20.6. The number of piperidine rings is 1. The molecule has 0 atom stereocenters. The lowest BCUT2D eigenvalue weighted by Gasteiger charge is -2.43. The molecule has 5 rings (SSSR count). The Labute approximate surface area is 235 Å². The Morgan fingerprint density at radius 2 is 1.66 bits per heavy atom. The SMILES string of the molecule is COc1cccc(NC(=O)CN2CN(c3ccccc3)C3(CCN(C(=O)c4cccc(C(F)(F)F)c4)CC3)C2=O)c1. The quantitative estimate of drug-likeness (QED) is 0.471. The lowest BCUT2D eigenvalue weighted by atomic mass is 9.85. The van der Waals surface area contributed by atoms with Crippen molar-refractivity contribution in [2.24, 2.45) is 0 Å². The van der Waals surface area contributed by atoms with Gasteiger partial charge < -0.3 is 24.8 Å². The first-order valence-corrected chi connectivity index (χ1v) is 13.1. The number of nitrogens with zero attached hydrogens (tertiary/aromatic N) is 3. The van der Waals surface area contributed by atoms with Gasteiger partial charge in [0.15, 0.2) is 0 Å². The Morgan fingerprint density at radius 3 is 2.34 bits per heavy atom. The van der Waals surface area contributed by atoms with E-state index in [4.69, 9.17) is 4.74 Å². The predicted molar refractivity (Wildman–Crippen MR) is 146 cm³/mol. The Bertz CT molecular complexity index is 1440. The van der Waals surface area contributed by atoms with Crippen molar-refractivity contribution in [1.82, 2.24) is 9.80 Å². The largest absolute Gasteiger partial charge is 0.497 e. The molecule has 3 aromatic carbocycles. The second kappa shape index (κ2) is 11.1. The van der Waals surface area contributed by atoms with E-state index in [0.29, 0.717) is 11.4 Å². The van der Waals surface area contributed by atoms with Crippen LogP contribution in [0.1, 0.15) is 28.8 Å². The van der Waals surface area contributed by atoms with E-state index in [0.717, 1.165) is 17.8 Å². The van der Waals surface area contributed by atoms with Crippen molar-refractivity contribution >= 4 is 29.1 Å². The van der Waals surface area contributed by atoms with Crippen LogP contribution >= 0.6 is 0 Å². The molecule has 0 unspecified atom stereocenters. The van der Waals surface area contributed by atoms with Crippen molar-refractivity contribution in [3.63, 3.8) is 0 Å². The highest BCUT2D eigenvalue weighted by Gasteiger charge is 2.54. The number of nitrogens with one attached hydrogen (secondary N) is 1. The molecule has 0 aliphatic carbocycles. The molecular weight excluding hydrogens is 537 g/mol. The van der Waals surface area contributed by atoms with Gasteiger partial charge in [-0.05, 0) is 55.3 Å². The van der Waals surface area contributed by atoms with Gasteiger partial charge in [-0.2, -0.15) is 13.2 Å². The smallest absolute Gasteiger partial charge is 0.416 e. The van der Waals surface area contributed by atoms with Crippen LogP contribution in [0.5, 0.6) is 5.75 Å². The van der Waals surface area contributed by atoms with Gasteiger partial charge in [0.2, 0.25) is 5.91 Å². The van der Waals surface area contributed by atoms with Gasteiger partial charge >= 0.3 is 6.18 Å². The van der Waals surface area contributed by atoms with Crippen molar-refractivity contribution in [2.75, 3.05) is 43.6 Å². The van der Waals surface area contributed by atoms with Crippen molar-refractivity contribution in [1.29, 1.82) is 0 Å². The maximum atomic E-state index is 13.9. The lowest BCUT2D eigenvalue weighted by Crippen LogP contribution is -2.57. The lowest BCUT2D eigenvalue weighted by molar-refractivity contribution is -0.137. The van der Waals surface area contributed by atoms with Crippen LogP contribution in [0.3, 0.4) is 0 Å². The average molecular weight is 567 g/mol. The van der Waals surface area contributed by atoms with E-state index in [9.17, 15) is 27.6 Å². The first-order chi connectivity index (χ1) is 19.6. The maximum Gasteiger partial charge on any atom is 0.416 e. The number of carbonyl (C=O) groups is 3. The molecule has 2 fully saturated rings. The zero-order valence-electron chi connectivity index (χ0n) is 22.4. The number of halogens is 3. The molecule has 2 aliphatic rings. The standard InChI is InChI=1S/C30H29F3N4O4/c1-41-25-12-6-9-23(18-25)34-26(38)19-36-20-37(24-10-3-2-4-11-24)29(28(36)40)13-15-35(16-14-29)27(39)21-7-5-8-22(17-21)30(31,32)33/h2-12,17-18H,13-16,19-20H2,1H3,(H,34,38). The second-order valence-corrected chi connectivity index (χ2v) is 10.1. The molecule has 1 N–H and O–H groups in total. The highest BCUT2D eigenvalue weighted by Crippen LogP contribution is 2.40. The van der Waals surface area contributed by atoms with E-state index in [1.165, 1.54) is 29.0 Å². The molecule has 41 heavy (non-hydrogen) atoms. The number of alkyl halides is 3. The zero-order valence-corrected chi connectivity index (χ0v) is 22.4. The number of likely N-dealkylation sites (tertiary alicyclic amines) is 1. The van der Waals surface area contributed by atoms with Crippen molar-refractivity contribution < 1.29 is 32.3 Å². The fraction of sp³-hybridized carbons (Fsp3) is 0.300. The van der Waals surface area contributed by atoms with Crippen LogP contribution in [-0.4, -0.2) is 66.5 Å². The van der Waals surface area contributed by atoms with Crippen LogP contribution in [0.15, 0.2) is 78.9 Å². The number of amides is 3. The summed E-state index contributed by atoms with van der Waals surface area (Å²) in [5.41, 5.74) is -0.598. The molecule has 11 heteroatoms. The van der Waals surface area contributed by atoms with Gasteiger partial charge in [0.05, 0.1) is 19.3 Å².